The van der Waals surface area contributed by atoms with Gasteiger partial charge in [-0.1, -0.05) is 42.5 Å². The number of carbonyl (C=O) groups excluding carboxylic acids is 2. The lowest BCUT2D eigenvalue weighted by Gasteiger charge is -2.15. The minimum absolute atomic E-state index is 0.0545. The van der Waals surface area contributed by atoms with E-state index in [0.29, 0.717) is 23.5 Å². The number of anilines is 2. The van der Waals surface area contributed by atoms with E-state index < -0.39 is 5.91 Å². The maximum Gasteiger partial charge on any atom is 0.248 e. The Hall–Kier alpha value is -3.80. The van der Waals surface area contributed by atoms with Crippen LogP contribution < -0.4 is 21.1 Å². The van der Waals surface area contributed by atoms with E-state index in [2.05, 4.69) is 10.6 Å². The molecule has 4 N–H and O–H groups in total. The topological polar surface area (TPSA) is 93.4 Å². The van der Waals surface area contributed by atoms with Crippen molar-refractivity contribution in [3.63, 3.8) is 0 Å². The van der Waals surface area contributed by atoms with Gasteiger partial charge in [-0.2, -0.15) is 0 Å². The van der Waals surface area contributed by atoms with Crippen molar-refractivity contribution in [3.8, 4) is 5.75 Å². The number of amides is 2. The van der Waals surface area contributed by atoms with Crippen LogP contribution in [0.15, 0.2) is 72.8 Å². The number of benzene rings is 3. The van der Waals surface area contributed by atoms with E-state index in [1.54, 1.807) is 18.2 Å². The molecule has 0 aliphatic carbocycles. The van der Waals surface area contributed by atoms with Gasteiger partial charge in [0.15, 0.2) is 0 Å². The van der Waals surface area contributed by atoms with Gasteiger partial charge in [-0.3, -0.25) is 9.59 Å². The van der Waals surface area contributed by atoms with Crippen molar-refractivity contribution in [1.82, 2.24) is 0 Å². The molecule has 31 heavy (non-hydrogen) atoms. The van der Waals surface area contributed by atoms with E-state index in [9.17, 15) is 9.59 Å². The summed E-state index contributed by atoms with van der Waals surface area (Å²) in [6, 6.07) is 22.3. The molecule has 160 valence electrons. The fourth-order valence-corrected chi connectivity index (χ4v) is 3.13. The largest absolute Gasteiger partial charge is 0.491 e. The normalized spacial score (nSPS) is 10.5. The Morgan fingerprint density at radius 2 is 1.65 bits per heavy atom. The van der Waals surface area contributed by atoms with Crippen LogP contribution in [0.25, 0.3) is 0 Å². The van der Waals surface area contributed by atoms with Gasteiger partial charge in [-0.05, 0) is 55.3 Å². The van der Waals surface area contributed by atoms with Crippen LogP contribution in [0.1, 0.15) is 35.3 Å². The van der Waals surface area contributed by atoms with E-state index in [4.69, 9.17) is 10.5 Å². The van der Waals surface area contributed by atoms with E-state index in [1.807, 2.05) is 68.4 Å². The molecule has 0 heterocycles. The minimum Gasteiger partial charge on any atom is -0.491 e. The number of hydrogen-bond donors (Lipinski definition) is 3. The van der Waals surface area contributed by atoms with Gasteiger partial charge < -0.3 is 21.1 Å². The quantitative estimate of drug-likeness (QED) is 0.482. The van der Waals surface area contributed by atoms with Gasteiger partial charge >= 0.3 is 0 Å². The number of nitrogens with one attached hydrogen (secondary N) is 2. The summed E-state index contributed by atoms with van der Waals surface area (Å²) in [6.45, 7) is 4.48. The summed E-state index contributed by atoms with van der Waals surface area (Å²) in [5.41, 5.74) is 8.89. The number of ether oxygens (including phenoxy) is 1. The number of hydrogen-bond acceptors (Lipinski definition) is 4. The molecule has 0 aliphatic heterocycles. The molecule has 6 heteroatoms. The van der Waals surface area contributed by atoms with Gasteiger partial charge in [0.25, 0.3) is 0 Å². The van der Waals surface area contributed by atoms with Gasteiger partial charge in [0.05, 0.1) is 23.9 Å². The van der Waals surface area contributed by atoms with Crippen LogP contribution in [0.4, 0.5) is 11.4 Å². The molecule has 0 radical (unpaired) electrons. The zero-order valence-electron chi connectivity index (χ0n) is 17.7. The van der Waals surface area contributed by atoms with Crippen molar-refractivity contribution in [3.05, 3.63) is 89.5 Å². The zero-order chi connectivity index (χ0) is 22.2. The summed E-state index contributed by atoms with van der Waals surface area (Å²) in [4.78, 5) is 24.3. The van der Waals surface area contributed by atoms with Gasteiger partial charge in [0, 0.05) is 12.1 Å². The zero-order valence-corrected chi connectivity index (χ0v) is 17.7. The standard InChI is InChI=1S/C25H27N3O3/c1-17(2)31-21-10-6-9-19(13-21)14-24(29)28-23-15-20(25(26)30)11-12-22(23)27-16-18-7-4-3-5-8-18/h3-13,15,17,27H,14,16H2,1-2H3,(H2,26,30)(H,28,29). The molecule has 3 aromatic rings. The first-order chi connectivity index (χ1) is 14.9. The SMILES string of the molecule is CC(C)Oc1cccc(CC(=O)Nc2cc(C(N)=O)ccc2NCc2ccccc2)c1. The average molecular weight is 418 g/mol. The molecule has 0 bridgehead atoms. The highest BCUT2D eigenvalue weighted by molar-refractivity contribution is 5.99. The second kappa shape index (κ2) is 10.3. The Morgan fingerprint density at radius 3 is 2.35 bits per heavy atom. The molecular formula is C25H27N3O3. The lowest BCUT2D eigenvalue weighted by Crippen LogP contribution is -2.18. The summed E-state index contributed by atoms with van der Waals surface area (Å²) < 4.78 is 5.70. The van der Waals surface area contributed by atoms with Crippen LogP contribution in [0.2, 0.25) is 0 Å². The molecule has 0 saturated heterocycles. The molecule has 6 nitrogen and oxygen atoms in total. The predicted molar refractivity (Wildman–Crippen MR) is 123 cm³/mol. The third kappa shape index (κ3) is 6.60. The second-order valence-corrected chi connectivity index (χ2v) is 7.50. The fraction of sp³-hybridized carbons (Fsp3) is 0.200. The van der Waals surface area contributed by atoms with Crippen LogP contribution in [-0.4, -0.2) is 17.9 Å². The van der Waals surface area contributed by atoms with Gasteiger partial charge in [-0.25, -0.2) is 0 Å². The van der Waals surface area contributed by atoms with Crippen molar-refractivity contribution in [1.29, 1.82) is 0 Å². The van der Waals surface area contributed by atoms with Crippen molar-refractivity contribution in [2.45, 2.75) is 32.9 Å². The summed E-state index contributed by atoms with van der Waals surface area (Å²) in [7, 11) is 0. The molecule has 0 fully saturated rings. The molecule has 2 amide bonds. The number of nitrogens with two attached hydrogens (primary N) is 1. The molecule has 0 aliphatic rings. The average Bonchev–Trinajstić information content (AvgIpc) is 2.73. The molecule has 0 aromatic heterocycles. The fourth-order valence-electron chi connectivity index (χ4n) is 3.13. The van der Waals surface area contributed by atoms with Crippen LogP contribution in [0.5, 0.6) is 5.75 Å². The van der Waals surface area contributed by atoms with Gasteiger partial charge in [-0.15, -0.1) is 0 Å². The first kappa shape index (κ1) is 21.9. The Balaban J connectivity index is 1.74. The lowest BCUT2D eigenvalue weighted by atomic mass is 10.1. The monoisotopic (exact) mass is 417 g/mol. The highest BCUT2D eigenvalue weighted by Crippen LogP contribution is 2.25. The number of rotatable bonds is 9. The van der Waals surface area contributed by atoms with Crippen molar-refractivity contribution in [2.75, 3.05) is 10.6 Å². The summed E-state index contributed by atoms with van der Waals surface area (Å²) in [6.07, 6.45) is 0.229. The predicted octanol–water partition coefficient (Wildman–Crippen LogP) is 4.37. The molecule has 3 rings (SSSR count). The maximum absolute atomic E-state index is 12.7. The van der Waals surface area contributed by atoms with E-state index in [1.165, 1.54) is 0 Å². The van der Waals surface area contributed by atoms with Crippen LogP contribution in [-0.2, 0) is 17.8 Å². The molecular weight excluding hydrogens is 390 g/mol. The molecule has 0 spiro atoms. The molecule has 0 saturated carbocycles. The van der Waals surface area contributed by atoms with Gasteiger partial charge in [0.2, 0.25) is 11.8 Å². The first-order valence-electron chi connectivity index (χ1n) is 10.2. The van der Waals surface area contributed by atoms with Gasteiger partial charge in [0.1, 0.15) is 5.75 Å². The van der Waals surface area contributed by atoms with Crippen molar-refractivity contribution >= 4 is 23.2 Å². The van der Waals surface area contributed by atoms with Crippen LogP contribution in [0.3, 0.4) is 0 Å². The summed E-state index contributed by atoms with van der Waals surface area (Å²) >= 11 is 0. The summed E-state index contributed by atoms with van der Waals surface area (Å²) in [5, 5.41) is 6.21. The highest BCUT2D eigenvalue weighted by atomic mass is 16.5. The first-order valence-corrected chi connectivity index (χ1v) is 10.2. The van der Waals surface area contributed by atoms with E-state index in [0.717, 1.165) is 16.9 Å². The molecule has 0 atom stereocenters. The maximum atomic E-state index is 12.7. The number of primary amides is 1. The Labute approximate surface area is 182 Å². The van der Waals surface area contributed by atoms with Crippen LogP contribution in [0, 0.1) is 0 Å². The summed E-state index contributed by atoms with van der Waals surface area (Å²) in [5.74, 6) is -0.0315. The number of carbonyl (C=O) groups is 2. The third-order valence-electron chi connectivity index (χ3n) is 4.54. The minimum atomic E-state index is -0.552. The second-order valence-electron chi connectivity index (χ2n) is 7.50. The van der Waals surface area contributed by atoms with E-state index in [-0.39, 0.29) is 18.4 Å². The Kier molecular flexibility index (Phi) is 7.27. The Bertz CT molecular complexity index is 1050. The van der Waals surface area contributed by atoms with Crippen molar-refractivity contribution in [2.24, 2.45) is 5.73 Å². The smallest absolute Gasteiger partial charge is 0.248 e. The van der Waals surface area contributed by atoms with E-state index >= 15 is 0 Å². The Morgan fingerprint density at radius 1 is 0.903 bits per heavy atom. The molecule has 3 aromatic carbocycles. The third-order valence-corrected chi connectivity index (χ3v) is 4.54. The highest BCUT2D eigenvalue weighted by Gasteiger charge is 2.12. The molecule has 0 unspecified atom stereocenters. The van der Waals surface area contributed by atoms with Crippen molar-refractivity contribution < 1.29 is 14.3 Å². The van der Waals surface area contributed by atoms with Crippen LogP contribution >= 0.6 is 0 Å². The lowest BCUT2D eigenvalue weighted by molar-refractivity contribution is -0.115.